The van der Waals surface area contributed by atoms with E-state index in [9.17, 15) is 18.3 Å². The fourth-order valence-corrected chi connectivity index (χ4v) is 3.10. The molecule has 1 aliphatic rings. The number of sulfonamides is 1. The van der Waals surface area contributed by atoms with Crippen molar-refractivity contribution in [3.8, 4) is 0 Å². The molecule has 0 bridgehead atoms. The lowest BCUT2D eigenvalue weighted by Gasteiger charge is -2.04. The number of hydrogen-bond acceptors (Lipinski definition) is 5. The number of rotatable bonds is 3. The highest BCUT2D eigenvalue weighted by Gasteiger charge is 2.27. The summed E-state index contributed by atoms with van der Waals surface area (Å²) < 4.78 is 22.4. The van der Waals surface area contributed by atoms with Crippen LogP contribution in [0.1, 0.15) is 15.9 Å². The van der Waals surface area contributed by atoms with Crippen LogP contribution in [-0.4, -0.2) is 30.6 Å². The molecule has 2 aromatic carbocycles. The first kappa shape index (κ1) is 17.9. The van der Waals surface area contributed by atoms with E-state index < -0.39 is 10.0 Å². The van der Waals surface area contributed by atoms with Crippen LogP contribution in [0.4, 0.5) is 5.69 Å². The molecule has 0 spiro atoms. The third-order valence-electron chi connectivity index (χ3n) is 3.67. The number of benzene rings is 2. The maximum absolute atomic E-state index is 12.3. The molecule has 0 fully saturated rings. The van der Waals surface area contributed by atoms with Crippen LogP contribution in [0.5, 0.6) is 0 Å². The second-order valence-corrected chi connectivity index (χ2v) is 7.34. The summed E-state index contributed by atoms with van der Waals surface area (Å²) in [6.07, 6.45) is 1.20. The molecular weight excluding hydrogens is 374 g/mol. The lowest BCUT2D eigenvalue weighted by Crippen LogP contribution is -2.12. The van der Waals surface area contributed by atoms with Crippen molar-refractivity contribution in [3.63, 3.8) is 0 Å². The van der Waals surface area contributed by atoms with Crippen LogP contribution >= 0.6 is 12.2 Å². The van der Waals surface area contributed by atoms with Crippen LogP contribution < -0.4 is 10.5 Å². The van der Waals surface area contributed by atoms with E-state index in [0.717, 1.165) is 0 Å². The second kappa shape index (κ2) is 6.79. The minimum atomic E-state index is -3.77. The van der Waals surface area contributed by atoms with Crippen molar-refractivity contribution in [2.75, 3.05) is 5.32 Å². The van der Waals surface area contributed by atoms with Crippen molar-refractivity contribution in [2.45, 2.75) is 4.90 Å². The van der Waals surface area contributed by atoms with Gasteiger partial charge in [0.15, 0.2) is 10.9 Å². The topological polar surface area (TPSA) is 122 Å². The molecule has 0 heterocycles. The zero-order valence-corrected chi connectivity index (χ0v) is 14.8. The Morgan fingerprint density at radius 1 is 1.12 bits per heavy atom. The normalized spacial score (nSPS) is 14.0. The summed E-state index contributed by atoms with van der Waals surface area (Å²) in [7, 11) is -3.77. The number of allylic oxidation sites excluding steroid dienone is 1. The number of hydrogen-bond donors (Lipinski definition) is 3. The second-order valence-electron chi connectivity index (χ2n) is 5.39. The number of nitrogens with two attached hydrogens (primary N) is 1. The number of aliphatic hydroxyl groups excluding tert-OH is 1. The summed E-state index contributed by atoms with van der Waals surface area (Å²) in [5.41, 5.74) is 1.42. The minimum absolute atomic E-state index is 0.0261. The van der Waals surface area contributed by atoms with Gasteiger partial charge in [-0.1, -0.05) is 24.3 Å². The molecule has 3 rings (SSSR count). The van der Waals surface area contributed by atoms with Crippen LogP contribution in [0.2, 0.25) is 0 Å². The molecule has 132 valence electrons. The Balaban J connectivity index is 1.73. The highest BCUT2D eigenvalue weighted by atomic mass is 32.2. The van der Waals surface area contributed by atoms with Crippen LogP contribution in [0, 0.1) is 0 Å². The van der Waals surface area contributed by atoms with Crippen LogP contribution in [0.25, 0.3) is 5.76 Å². The Bertz CT molecular complexity index is 1070. The third-order valence-corrected chi connectivity index (χ3v) is 4.81. The van der Waals surface area contributed by atoms with E-state index in [-0.39, 0.29) is 27.1 Å². The van der Waals surface area contributed by atoms with Crippen molar-refractivity contribution in [1.29, 1.82) is 0 Å². The van der Waals surface area contributed by atoms with Gasteiger partial charge in [-0.05, 0) is 36.5 Å². The summed E-state index contributed by atoms with van der Waals surface area (Å²) in [6, 6.07) is 12.3. The molecule has 0 aromatic heterocycles. The van der Waals surface area contributed by atoms with E-state index in [2.05, 4.69) is 10.3 Å². The average Bonchev–Trinajstić information content (AvgIpc) is 2.84. The standard InChI is InChI=1S/C17H13N3O4S2/c18-26(23,24)11-7-5-10(6-8-11)20-17(25)19-9-14-15(21)12-3-1-2-4-13(12)16(14)22/h1-9,21H,(H,20,25)(H2,18,23,24). The number of Topliss-reactive ketones (excluding diaryl/α,β-unsaturated/α-hetero) is 1. The van der Waals surface area contributed by atoms with Gasteiger partial charge in [0.25, 0.3) is 0 Å². The summed E-state index contributed by atoms with van der Waals surface area (Å²) in [4.78, 5) is 16.2. The number of thiocarbonyl (C=S) groups is 1. The summed E-state index contributed by atoms with van der Waals surface area (Å²) in [5.74, 6) is -0.475. The zero-order chi connectivity index (χ0) is 18.9. The lowest BCUT2D eigenvalue weighted by atomic mass is 10.1. The van der Waals surface area contributed by atoms with Gasteiger partial charge in [-0.15, -0.1) is 0 Å². The number of carbonyl (C=O) groups is 1. The number of nitrogens with one attached hydrogen (secondary N) is 1. The van der Waals surface area contributed by atoms with Crippen molar-refractivity contribution in [3.05, 3.63) is 65.2 Å². The molecule has 0 saturated heterocycles. The first-order valence-electron chi connectivity index (χ1n) is 7.32. The Labute approximate surface area is 154 Å². The van der Waals surface area contributed by atoms with Crippen molar-refractivity contribution >= 4 is 50.8 Å². The van der Waals surface area contributed by atoms with E-state index in [0.29, 0.717) is 16.8 Å². The highest BCUT2D eigenvalue weighted by Crippen LogP contribution is 2.29. The van der Waals surface area contributed by atoms with Gasteiger partial charge in [-0.3, -0.25) is 4.79 Å². The monoisotopic (exact) mass is 387 g/mol. The SMILES string of the molecule is NS(=O)(=O)c1ccc(NC(=S)N=CC2=C(O)c3ccccc3C2=O)cc1. The first-order chi connectivity index (χ1) is 12.3. The molecule has 0 saturated carbocycles. The highest BCUT2D eigenvalue weighted by molar-refractivity contribution is 7.89. The molecule has 1 aliphatic carbocycles. The van der Waals surface area contributed by atoms with Crippen molar-refractivity contribution in [2.24, 2.45) is 10.1 Å². The Morgan fingerprint density at radius 3 is 2.31 bits per heavy atom. The molecule has 7 nitrogen and oxygen atoms in total. The van der Waals surface area contributed by atoms with Gasteiger partial charge in [0.1, 0.15) is 5.76 Å². The largest absolute Gasteiger partial charge is 0.506 e. The zero-order valence-electron chi connectivity index (χ0n) is 13.2. The van der Waals surface area contributed by atoms with Gasteiger partial charge < -0.3 is 10.4 Å². The van der Waals surface area contributed by atoms with Crippen LogP contribution in [0.3, 0.4) is 0 Å². The summed E-state index contributed by atoms with van der Waals surface area (Å²) >= 11 is 5.07. The van der Waals surface area contributed by atoms with Crippen LogP contribution in [-0.2, 0) is 10.0 Å². The van der Waals surface area contributed by atoms with E-state index in [4.69, 9.17) is 17.4 Å². The predicted octanol–water partition coefficient (Wildman–Crippen LogP) is 2.27. The molecule has 0 radical (unpaired) electrons. The maximum atomic E-state index is 12.3. The van der Waals surface area contributed by atoms with E-state index >= 15 is 0 Å². The Kier molecular flexibility index (Phi) is 4.68. The summed E-state index contributed by atoms with van der Waals surface area (Å²) in [6.45, 7) is 0. The van der Waals surface area contributed by atoms with E-state index in [1.54, 1.807) is 24.3 Å². The van der Waals surface area contributed by atoms with Crippen molar-refractivity contribution < 1.29 is 18.3 Å². The molecule has 0 atom stereocenters. The van der Waals surface area contributed by atoms with Crippen molar-refractivity contribution in [1.82, 2.24) is 0 Å². The lowest BCUT2D eigenvalue weighted by molar-refractivity contribution is 0.104. The molecule has 9 heteroatoms. The fraction of sp³-hybridized carbons (Fsp3) is 0. The number of anilines is 1. The maximum Gasteiger partial charge on any atom is 0.238 e. The molecular formula is C17H13N3O4S2. The first-order valence-corrected chi connectivity index (χ1v) is 9.28. The molecule has 0 aliphatic heterocycles. The third kappa shape index (κ3) is 3.54. The Morgan fingerprint density at radius 2 is 1.73 bits per heavy atom. The number of nitrogens with zero attached hydrogens (tertiary/aromatic N) is 1. The summed E-state index contributed by atoms with van der Waals surface area (Å²) in [5, 5.41) is 18.0. The van der Waals surface area contributed by atoms with E-state index in [1.807, 2.05) is 0 Å². The number of fused-ring (bicyclic) bond motifs is 1. The van der Waals surface area contributed by atoms with E-state index in [1.165, 1.54) is 30.5 Å². The van der Waals surface area contributed by atoms with Gasteiger partial charge in [0.05, 0.1) is 10.5 Å². The molecule has 26 heavy (non-hydrogen) atoms. The number of ketones is 1. The average molecular weight is 387 g/mol. The number of primary sulfonamides is 1. The number of aliphatic imine (C=N–C) groups is 1. The predicted molar refractivity (Wildman–Crippen MR) is 103 cm³/mol. The fourth-order valence-electron chi connectivity index (χ4n) is 2.41. The van der Waals surface area contributed by atoms with Gasteiger partial charge in [0.2, 0.25) is 10.0 Å². The van der Waals surface area contributed by atoms with Gasteiger partial charge in [-0.25, -0.2) is 18.5 Å². The Hall–Kier alpha value is -2.88. The van der Waals surface area contributed by atoms with Crippen LogP contribution in [0.15, 0.2) is 64.0 Å². The quantitative estimate of drug-likeness (QED) is 0.549. The molecule has 2 aromatic rings. The molecule has 0 unspecified atom stereocenters. The van der Waals surface area contributed by atoms with Gasteiger partial charge in [0, 0.05) is 23.0 Å². The number of aliphatic hydroxyl groups is 1. The van der Waals surface area contributed by atoms with Gasteiger partial charge in [-0.2, -0.15) is 0 Å². The minimum Gasteiger partial charge on any atom is -0.506 e. The molecule has 0 amide bonds. The smallest absolute Gasteiger partial charge is 0.238 e. The molecule has 4 N–H and O–H groups in total. The number of carbonyl (C=O) groups excluding carboxylic acids is 1. The van der Waals surface area contributed by atoms with Gasteiger partial charge >= 0.3 is 0 Å².